The molecule has 22 heavy (non-hydrogen) atoms. The van der Waals surface area contributed by atoms with E-state index < -0.39 is 17.6 Å². The van der Waals surface area contributed by atoms with E-state index in [0.29, 0.717) is 19.5 Å². The number of aliphatic carboxylic acids is 1. The van der Waals surface area contributed by atoms with Gasteiger partial charge in [-0.1, -0.05) is 20.3 Å². The first-order chi connectivity index (χ1) is 10.1. The topological polar surface area (TPSA) is 78.9 Å². The summed E-state index contributed by atoms with van der Waals surface area (Å²) in [4.78, 5) is 26.1. The van der Waals surface area contributed by atoms with Crippen LogP contribution in [-0.4, -0.2) is 58.8 Å². The normalized spacial score (nSPS) is 26.3. The number of hydrogen-bond acceptors (Lipinski definition) is 4. The molecule has 0 aromatic rings. The van der Waals surface area contributed by atoms with E-state index in [4.69, 9.17) is 4.74 Å². The first kappa shape index (κ1) is 18.9. The van der Waals surface area contributed by atoms with Crippen LogP contribution in [0.25, 0.3) is 0 Å². The van der Waals surface area contributed by atoms with Gasteiger partial charge in [0.1, 0.15) is 6.04 Å². The highest BCUT2D eigenvalue weighted by Crippen LogP contribution is 2.22. The van der Waals surface area contributed by atoms with E-state index in [-0.39, 0.29) is 24.0 Å². The van der Waals surface area contributed by atoms with Crippen LogP contribution in [0.4, 0.5) is 0 Å². The predicted octanol–water partition coefficient (Wildman–Crippen LogP) is 1.49. The van der Waals surface area contributed by atoms with Crippen LogP contribution < -0.4 is 5.32 Å². The van der Waals surface area contributed by atoms with E-state index >= 15 is 0 Å². The number of amides is 1. The first-order valence-corrected chi connectivity index (χ1v) is 8.03. The molecule has 0 bridgehead atoms. The molecule has 1 heterocycles. The molecule has 0 spiro atoms. The third-order valence-electron chi connectivity index (χ3n) is 4.53. The lowest BCUT2D eigenvalue weighted by molar-refractivity contribution is -0.149. The van der Waals surface area contributed by atoms with E-state index in [2.05, 4.69) is 10.2 Å². The lowest BCUT2D eigenvalue weighted by Gasteiger charge is -2.44. The second-order valence-electron chi connectivity index (χ2n) is 6.90. The number of hydrogen-bond donors (Lipinski definition) is 2. The summed E-state index contributed by atoms with van der Waals surface area (Å²) < 4.78 is 5.70. The van der Waals surface area contributed by atoms with Gasteiger partial charge in [0.05, 0.1) is 17.7 Å². The lowest BCUT2D eigenvalue weighted by atomic mass is 9.95. The quantitative estimate of drug-likeness (QED) is 0.776. The second-order valence-corrected chi connectivity index (χ2v) is 6.90. The zero-order chi connectivity index (χ0) is 17.1. The van der Waals surface area contributed by atoms with Crippen molar-refractivity contribution in [3.63, 3.8) is 0 Å². The van der Waals surface area contributed by atoms with Gasteiger partial charge in [-0.25, -0.2) is 4.79 Å². The minimum absolute atomic E-state index is 0.0562. The molecule has 4 unspecified atom stereocenters. The van der Waals surface area contributed by atoms with E-state index in [0.717, 1.165) is 0 Å². The van der Waals surface area contributed by atoms with Crippen molar-refractivity contribution in [2.24, 2.45) is 5.92 Å². The average Bonchev–Trinajstić information content (AvgIpc) is 2.42. The predicted molar refractivity (Wildman–Crippen MR) is 84.7 cm³/mol. The van der Waals surface area contributed by atoms with Crippen molar-refractivity contribution >= 4 is 11.9 Å². The Morgan fingerprint density at radius 2 is 1.82 bits per heavy atom. The number of ether oxygens (including phenoxy) is 1. The third kappa shape index (κ3) is 4.43. The van der Waals surface area contributed by atoms with Crippen LogP contribution in [-0.2, 0) is 14.3 Å². The van der Waals surface area contributed by atoms with Gasteiger partial charge in [0.15, 0.2) is 0 Å². The number of nitrogens with zero attached hydrogens (tertiary/aromatic N) is 1. The Balaban J connectivity index is 2.82. The maximum atomic E-state index is 12.7. The van der Waals surface area contributed by atoms with Crippen molar-refractivity contribution < 1.29 is 19.4 Å². The summed E-state index contributed by atoms with van der Waals surface area (Å²) in [6, 6.07) is -0.854. The molecule has 6 nitrogen and oxygen atoms in total. The molecule has 0 aromatic carbocycles. The number of morpholine rings is 1. The van der Waals surface area contributed by atoms with Crippen LogP contribution >= 0.6 is 0 Å². The molecule has 0 saturated carbocycles. The molecule has 128 valence electrons. The molecule has 1 aliphatic rings. The Morgan fingerprint density at radius 1 is 1.32 bits per heavy atom. The molecule has 4 atom stereocenters. The van der Waals surface area contributed by atoms with E-state index in [1.165, 1.54) is 0 Å². The van der Waals surface area contributed by atoms with Crippen molar-refractivity contribution in [3.05, 3.63) is 0 Å². The van der Waals surface area contributed by atoms with Crippen molar-refractivity contribution in [2.45, 2.75) is 71.8 Å². The molecular formula is C16H30N2O4. The number of rotatable bonds is 6. The van der Waals surface area contributed by atoms with Gasteiger partial charge < -0.3 is 15.2 Å². The van der Waals surface area contributed by atoms with Crippen molar-refractivity contribution in [1.82, 2.24) is 10.2 Å². The summed E-state index contributed by atoms with van der Waals surface area (Å²) in [5, 5.41) is 12.0. The Morgan fingerprint density at radius 3 is 2.23 bits per heavy atom. The summed E-state index contributed by atoms with van der Waals surface area (Å²) in [6.07, 6.45) is 0.810. The van der Waals surface area contributed by atoms with Crippen molar-refractivity contribution in [2.75, 3.05) is 13.1 Å². The lowest BCUT2D eigenvalue weighted by Crippen LogP contribution is -2.63. The molecule has 1 amide bonds. The van der Waals surface area contributed by atoms with Crippen LogP contribution in [0.1, 0.15) is 48.0 Å². The van der Waals surface area contributed by atoms with Crippen LogP contribution in [0.3, 0.4) is 0 Å². The molecule has 1 fully saturated rings. The molecular weight excluding hydrogens is 284 g/mol. The Bertz CT molecular complexity index is 401. The van der Waals surface area contributed by atoms with E-state index in [9.17, 15) is 14.7 Å². The largest absolute Gasteiger partial charge is 0.480 e. The zero-order valence-corrected chi connectivity index (χ0v) is 14.5. The van der Waals surface area contributed by atoms with Gasteiger partial charge in [-0.05, 0) is 33.6 Å². The molecule has 0 radical (unpaired) electrons. The maximum absolute atomic E-state index is 12.7. The monoisotopic (exact) mass is 314 g/mol. The zero-order valence-electron chi connectivity index (χ0n) is 14.5. The fraction of sp³-hybridized carbons (Fsp3) is 0.875. The van der Waals surface area contributed by atoms with Crippen LogP contribution in [0.15, 0.2) is 0 Å². The van der Waals surface area contributed by atoms with E-state index in [1.54, 1.807) is 0 Å². The summed E-state index contributed by atoms with van der Waals surface area (Å²) in [5.41, 5.74) is -0.770. The molecule has 1 aliphatic heterocycles. The fourth-order valence-corrected chi connectivity index (χ4v) is 2.78. The van der Waals surface area contributed by atoms with Crippen molar-refractivity contribution in [3.8, 4) is 0 Å². The smallest absolute Gasteiger partial charge is 0.326 e. The Labute approximate surface area is 133 Å². The summed E-state index contributed by atoms with van der Waals surface area (Å²) in [5.74, 6) is -1.34. The molecule has 1 saturated heterocycles. The van der Waals surface area contributed by atoms with Crippen LogP contribution in [0.2, 0.25) is 0 Å². The highest BCUT2D eigenvalue weighted by Gasteiger charge is 2.40. The summed E-state index contributed by atoms with van der Waals surface area (Å²) >= 11 is 0. The third-order valence-corrected chi connectivity index (χ3v) is 4.53. The van der Waals surface area contributed by atoms with Crippen molar-refractivity contribution in [1.29, 1.82) is 0 Å². The fourth-order valence-electron chi connectivity index (χ4n) is 2.78. The Hall–Kier alpha value is -1.14. The number of carbonyl (C=O) groups is 2. The van der Waals surface area contributed by atoms with Crippen LogP contribution in [0, 0.1) is 5.92 Å². The number of nitrogens with one attached hydrogen (secondary N) is 1. The minimum atomic E-state index is -0.984. The number of carboxylic acids is 1. The Kier molecular flexibility index (Phi) is 6.38. The standard InChI is InChI=1S/C16H30N2O4/c1-7-10(2)13(14(19)20)17-15(21)16(5,6)18-8-11(3)22-12(4)9-18/h10-13H,7-9H2,1-6H3,(H,17,21)(H,19,20). The van der Waals surface area contributed by atoms with E-state index in [1.807, 2.05) is 41.5 Å². The highest BCUT2D eigenvalue weighted by molar-refractivity contribution is 5.89. The van der Waals surface area contributed by atoms with Gasteiger partial charge >= 0.3 is 5.97 Å². The highest BCUT2D eigenvalue weighted by atomic mass is 16.5. The molecule has 6 heteroatoms. The van der Waals surface area contributed by atoms with Gasteiger partial charge in [0.2, 0.25) is 5.91 Å². The van der Waals surface area contributed by atoms with Gasteiger partial charge in [0, 0.05) is 13.1 Å². The van der Waals surface area contributed by atoms with Gasteiger partial charge in [-0.3, -0.25) is 9.69 Å². The molecule has 1 rings (SSSR count). The van der Waals surface area contributed by atoms with Gasteiger partial charge in [-0.15, -0.1) is 0 Å². The summed E-state index contributed by atoms with van der Waals surface area (Å²) in [6.45, 7) is 12.7. The number of carbonyl (C=O) groups excluding carboxylic acids is 1. The molecule has 0 aliphatic carbocycles. The first-order valence-electron chi connectivity index (χ1n) is 8.03. The SMILES string of the molecule is CCC(C)C(NC(=O)C(C)(C)N1CC(C)OC(C)C1)C(=O)O. The molecule has 2 N–H and O–H groups in total. The minimum Gasteiger partial charge on any atom is -0.480 e. The second kappa shape index (κ2) is 7.42. The van der Waals surface area contributed by atoms with Crippen LogP contribution in [0.5, 0.6) is 0 Å². The van der Waals surface area contributed by atoms with Gasteiger partial charge in [0.25, 0.3) is 0 Å². The summed E-state index contributed by atoms with van der Waals surface area (Å²) in [7, 11) is 0. The molecule has 0 aromatic heterocycles. The maximum Gasteiger partial charge on any atom is 0.326 e. The number of carboxylic acid groups (broad SMARTS) is 1. The average molecular weight is 314 g/mol. The van der Waals surface area contributed by atoms with Gasteiger partial charge in [-0.2, -0.15) is 0 Å².